The van der Waals surface area contributed by atoms with Crippen molar-refractivity contribution in [2.24, 2.45) is 0 Å². The van der Waals surface area contributed by atoms with E-state index >= 15 is 0 Å². The Labute approximate surface area is 128 Å². The van der Waals surface area contributed by atoms with E-state index in [0.29, 0.717) is 11.6 Å². The third kappa shape index (κ3) is 3.41. The smallest absolute Gasteiger partial charge is 0.257 e. The zero-order chi connectivity index (χ0) is 13.8. The number of hydrogen-bond acceptors (Lipinski definition) is 2. The van der Waals surface area contributed by atoms with Crippen LogP contribution in [0.15, 0.2) is 18.2 Å². The number of phenolic OH excluding ortho intramolecular Hbond substituents is 1. The summed E-state index contributed by atoms with van der Waals surface area (Å²) in [4.78, 5) is 14.6. The van der Waals surface area contributed by atoms with Crippen molar-refractivity contribution in [1.29, 1.82) is 0 Å². The minimum absolute atomic E-state index is 0.0234. The lowest BCUT2D eigenvalue weighted by Gasteiger charge is -2.29. The van der Waals surface area contributed by atoms with Crippen LogP contribution < -0.4 is 0 Å². The zero-order valence-electron chi connectivity index (χ0n) is 11.2. The van der Waals surface area contributed by atoms with Gasteiger partial charge in [0, 0.05) is 16.2 Å². The molecule has 1 atom stereocenters. The topological polar surface area (TPSA) is 40.5 Å². The highest BCUT2D eigenvalue weighted by atomic mass is 127. The lowest BCUT2D eigenvalue weighted by atomic mass is 10.1. The summed E-state index contributed by atoms with van der Waals surface area (Å²) < 4.78 is 0.974. The Kier molecular flexibility index (Phi) is 5.07. The fourth-order valence-electron chi connectivity index (χ4n) is 2.70. The van der Waals surface area contributed by atoms with Gasteiger partial charge in [-0.2, -0.15) is 0 Å². The first-order valence-electron chi connectivity index (χ1n) is 6.93. The van der Waals surface area contributed by atoms with Gasteiger partial charge in [-0.25, -0.2) is 0 Å². The highest BCUT2D eigenvalue weighted by Gasteiger charge is 2.26. The van der Waals surface area contributed by atoms with Crippen molar-refractivity contribution in [3.8, 4) is 5.75 Å². The molecular formula is C15H20INO2. The molecule has 1 heterocycles. The molecule has 19 heavy (non-hydrogen) atoms. The van der Waals surface area contributed by atoms with Gasteiger partial charge in [0.25, 0.3) is 5.91 Å². The standard InChI is InChI=1S/C15H20INO2/c1-2-12-6-4-3-5-9-17(12)15(19)13-10-11(16)7-8-14(13)18/h7-8,10,12,18H,2-6,9H2,1H3. The van der Waals surface area contributed by atoms with Crippen molar-refractivity contribution in [2.45, 2.75) is 45.1 Å². The number of likely N-dealkylation sites (tertiary alicyclic amines) is 1. The molecule has 1 aromatic rings. The Morgan fingerprint density at radius 3 is 2.95 bits per heavy atom. The van der Waals surface area contributed by atoms with Gasteiger partial charge in [-0.1, -0.05) is 19.8 Å². The minimum Gasteiger partial charge on any atom is -0.507 e. The van der Waals surface area contributed by atoms with Gasteiger partial charge >= 0.3 is 0 Å². The summed E-state index contributed by atoms with van der Waals surface area (Å²) in [5.41, 5.74) is 0.437. The number of rotatable bonds is 2. The van der Waals surface area contributed by atoms with Crippen LogP contribution in [0.2, 0.25) is 0 Å². The van der Waals surface area contributed by atoms with Crippen molar-refractivity contribution in [3.63, 3.8) is 0 Å². The third-order valence-corrected chi connectivity index (χ3v) is 4.47. The third-order valence-electron chi connectivity index (χ3n) is 3.80. The van der Waals surface area contributed by atoms with Crippen molar-refractivity contribution < 1.29 is 9.90 Å². The number of carbonyl (C=O) groups is 1. The second-order valence-corrected chi connectivity index (χ2v) is 6.32. The van der Waals surface area contributed by atoms with Crippen LogP contribution >= 0.6 is 22.6 Å². The molecule has 0 bridgehead atoms. The number of benzene rings is 1. The van der Waals surface area contributed by atoms with E-state index in [0.717, 1.165) is 29.4 Å². The second-order valence-electron chi connectivity index (χ2n) is 5.07. The highest BCUT2D eigenvalue weighted by Crippen LogP contribution is 2.26. The summed E-state index contributed by atoms with van der Waals surface area (Å²) in [5.74, 6) is 0.0642. The Balaban J connectivity index is 2.27. The molecule has 1 fully saturated rings. The lowest BCUT2D eigenvalue weighted by Crippen LogP contribution is -2.39. The van der Waals surface area contributed by atoms with Gasteiger partial charge in [0.15, 0.2) is 0 Å². The largest absolute Gasteiger partial charge is 0.507 e. The molecule has 1 saturated heterocycles. The van der Waals surface area contributed by atoms with E-state index in [9.17, 15) is 9.90 Å². The van der Waals surface area contributed by atoms with Crippen LogP contribution in [0, 0.1) is 3.57 Å². The maximum atomic E-state index is 12.7. The van der Waals surface area contributed by atoms with Crippen molar-refractivity contribution in [3.05, 3.63) is 27.3 Å². The predicted molar refractivity (Wildman–Crippen MR) is 84.4 cm³/mol. The number of nitrogens with zero attached hydrogens (tertiary/aromatic N) is 1. The first-order valence-corrected chi connectivity index (χ1v) is 8.01. The average Bonchev–Trinajstić information content (AvgIpc) is 2.65. The maximum absolute atomic E-state index is 12.7. The average molecular weight is 373 g/mol. The monoisotopic (exact) mass is 373 g/mol. The van der Waals surface area contributed by atoms with E-state index in [2.05, 4.69) is 29.5 Å². The van der Waals surface area contributed by atoms with Gasteiger partial charge in [-0.15, -0.1) is 0 Å². The molecular weight excluding hydrogens is 353 g/mol. The Hall–Kier alpha value is -0.780. The molecule has 0 spiro atoms. The molecule has 0 radical (unpaired) electrons. The van der Waals surface area contributed by atoms with Crippen LogP contribution in [0.3, 0.4) is 0 Å². The van der Waals surface area contributed by atoms with Gasteiger partial charge in [-0.3, -0.25) is 4.79 Å². The van der Waals surface area contributed by atoms with Crippen molar-refractivity contribution in [2.75, 3.05) is 6.54 Å². The highest BCUT2D eigenvalue weighted by molar-refractivity contribution is 14.1. The maximum Gasteiger partial charge on any atom is 0.257 e. The molecule has 4 heteroatoms. The molecule has 0 saturated carbocycles. The van der Waals surface area contributed by atoms with Gasteiger partial charge in [0.1, 0.15) is 5.75 Å². The number of halogens is 1. The normalized spacial score (nSPS) is 20.1. The molecule has 104 valence electrons. The fraction of sp³-hybridized carbons (Fsp3) is 0.533. The number of carbonyl (C=O) groups excluding carboxylic acids is 1. The molecule has 0 aromatic heterocycles. The fourth-order valence-corrected chi connectivity index (χ4v) is 3.19. The molecule has 0 aliphatic carbocycles. The molecule has 1 aliphatic heterocycles. The Morgan fingerprint density at radius 2 is 2.21 bits per heavy atom. The van der Waals surface area contributed by atoms with Gasteiger partial charge in [-0.05, 0) is 60.1 Å². The molecule has 1 aliphatic rings. The van der Waals surface area contributed by atoms with E-state index in [1.165, 1.54) is 12.8 Å². The van der Waals surface area contributed by atoms with E-state index in [1.807, 2.05) is 11.0 Å². The first-order chi connectivity index (χ1) is 9.13. The van der Waals surface area contributed by atoms with Crippen molar-refractivity contribution >= 4 is 28.5 Å². The second kappa shape index (κ2) is 6.59. The van der Waals surface area contributed by atoms with Crippen LogP contribution in [-0.2, 0) is 0 Å². The first kappa shape index (κ1) is 14.6. The van der Waals surface area contributed by atoms with Crippen LogP contribution in [0.4, 0.5) is 0 Å². The molecule has 3 nitrogen and oxygen atoms in total. The van der Waals surface area contributed by atoms with E-state index in [-0.39, 0.29) is 11.7 Å². The number of hydrogen-bond donors (Lipinski definition) is 1. The lowest BCUT2D eigenvalue weighted by molar-refractivity contribution is 0.0675. The summed E-state index contributed by atoms with van der Waals surface area (Å²) in [5, 5.41) is 9.91. The molecule has 1 amide bonds. The van der Waals surface area contributed by atoms with E-state index < -0.39 is 0 Å². The van der Waals surface area contributed by atoms with Gasteiger partial charge in [0.2, 0.25) is 0 Å². The summed E-state index contributed by atoms with van der Waals surface area (Å²) in [6.45, 7) is 2.94. The Morgan fingerprint density at radius 1 is 1.42 bits per heavy atom. The Bertz CT molecular complexity index is 461. The van der Waals surface area contributed by atoms with E-state index in [4.69, 9.17) is 0 Å². The molecule has 1 unspecified atom stereocenters. The number of amides is 1. The zero-order valence-corrected chi connectivity index (χ0v) is 13.4. The summed E-state index contributed by atoms with van der Waals surface area (Å²) in [6, 6.07) is 5.50. The van der Waals surface area contributed by atoms with Crippen LogP contribution in [0.25, 0.3) is 0 Å². The van der Waals surface area contributed by atoms with Gasteiger partial charge in [0.05, 0.1) is 5.56 Å². The molecule has 2 rings (SSSR count). The van der Waals surface area contributed by atoms with Gasteiger partial charge < -0.3 is 10.0 Å². The SMILES string of the molecule is CCC1CCCCCN1C(=O)c1cc(I)ccc1O. The summed E-state index contributed by atoms with van der Waals surface area (Å²) >= 11 is 2.17. The minimum atomic E-state index is -0.0234. The molecule has 1 aromatic carbocycles. The molecule has 1 N–H and O–H groups in total. The van der Waals surface area contributed by atoms with E-state index in [1.54, 1.807) is 12.1 Å². The summed E-state index contributed by atoms with van der Waals surface area (Å²) in [7, 11) is 0. The number of aromatic hydroxyl groups is 1. The predicted octanol–water partition coefficient (Wildman–Crippen LogP) is 3.79. The van der Waals surface area contributed by atoms with Crippen LogP contribution in [0.5, 0.6) is 5.75 Å². The summed E-state index contributed by atoms with van der Waals surface area (Å²) in [6.07, 6.45) is 5.51. The van der Waals surface area contributed by atoms with Crippen LogP contribution in [0.1, 0.15) is 49.4 Å². The van der Waals surface area contributed by atoms with Crippen molar-refractivity contribution in [1.82, 2.24) is 4.90 Å². The number of phenols is 1. The quantitative estimate of drug-likeness (QED) is 0.802. The van der Waals surface area contributed by atoms with Crippen LogP contribution in [-0.4, -0.2) is 28.5 Å².